The first kappa shape index (κ1) is 9.01. The zero-order chi connectivity index (χ0) is 9.14. The molecule has 4 heteroatoms. The van der Waals surface area contributed by atoms with Crippen LogP contribution in [0, 0.1) is 17.7 Å². The van der Waals surface area contributed by atoms with E-state index < -0.39 is 5.82 Å². The van der Waals surface area contributed by atoms with Gasteiger partial charge in [0.05, 0.1) is 5.69 Å². The Morgan fingerprint density at radius 2 is 2.33 bits per heavy atom. The summed E-state index contributed by atoms with van der Waals surface area (Å²) >= 11 is 2.94. The molecule has 0 unspecified atom stereocenters. The molecular formula is C8H6BrFN2. The molecule has 2 nitrogen and oxygen atoms in total. The summed E-state index contributed by atoms with van der Waals surface area (Å²) in [6, 6.07) is 1.19. The summed E-state index contributed by atoms with van der Waals surface area (Å²) in [7, 11) is 0. The number of hydrogen-bond donors (Lipinski definition) is 1. The molecule has 0 amide bonds. The van der Waals surface area contributed by atoms with Gasteiger partial charge in [-0.1, -0.05) is 5.92 Å². The van der Waals surface area contributed by atoms with Crippen LogP contribution >= 0.6 is 15.9 Å². The fourth-order valence-electron chi connectivity index (χ4n) is 0.699. The zero-order valence-electron chi connectivity index (χ0n) is 6.36. The highest BCUT2D eigenvalue weighted by atomic mass is 79.9. The van der Waals surface area contributed by atoms with Crippen LogP contribution in [-0.2, 0) is 0 Å². The molecule has 62 valence electrons. The summed E-state index contributed by atoms with van der Waals surface area (Å²) in [6.07, 6.45) is 0. The second-order valence-electron chi connectivity index (χ2n) is 2.07. The summed E-state index contributed by atoms with van der Waals surface area (Å²) in [5.74, 6) is 4.82. The summed E-state index contributed by atoms with van der Waals surface area (Å²) in [5.41, 5.74) is 6.10. The molecule has 0 saturated heterocycles. The van der Waals surface area contributed by atoms with E-state index in [1.165, 1.54) is 6.07 Å². The van der Waals surface area contributed by atoms with Crippen molar-refractivity contribution in [3.8, 4) is 11.8 Å². The first-order valence-electron chi connectivity index (χ1n) is 3.19. The van der Waals surface area contributed by atoms with Gasteiger partial charge in [0.25, 0.3) is 0 Å². The largest absolute Gasteiger partial charge is 0.396 e. The molecule has 0 aliphatic carbocycles. The zero-order valence-corrected chi connectivity index (χ0v) is 7.94. The van der Waals surface area contributed by atoms with Gasteiger partial charge < -0.3 is 5.73 Å². The van der Waals surface area contributed by atoms with Crippen LogP contribution in [-0.4, -0.2) is 4.98 Å². The van der Waals surface area contributed by atoms with Crippen molar-refractivity contribution in [3.63, 3.8) is 0 Å². The smallest absolute Gasteiger partial charge is 0.158 e. The van der Waals surface area contributed by atoms with E-state index in [-0.39, 0.29) is 10.3 Å². The SMILES string of the molecule is CC#Cc1nc(Br)c(F)cc1N. The standard InChI is InChI=1S/C8H6BrFN2/c1-2-3-7-6(11)4-5(10)8(9)12-7/h4H,11H2,1H3. The second kappa shape index (κ2) is 3.55. The van der Waals surface area contributed by atoms with E-state index in [0.29, 0.717) is 5.69 Å². The van der Waals surface area contributed by atoms with E-state index in [1.54, 1.807) is 6.92 Å². The minimum Gasteiger partial charge on any atom is -0.396 e. The monoisotopic (exact) mass is 228 g/mol. The van der Waals surface area contributed by atoms with Crippen LogP contribution in [0.3, 0.4) is 0 Å². The van der Waals surface area contributed by atoms with Crippen LogP contribution < -0.4 is 5.73 Å². The van der Waals surface area contributed by atoms with Gasteiger partial charge in [-0.2, -0.15) is 0 Å². The highest BCUT2D eigenvalue weighted by Gasteiger charge is 2.04. The lowest BCUT2D eigenvalue weighted by Gasteiger charge is -1.98. The van der Waals surface area contributed by atoms with Crippen molar-refractivity contribution >= 4 is 21.6 Å². The highest BCUT2D eigenvalue weighted by Crippen LogP contribution is 2.17. The average molecular weight is 229 g/mol. The molecule has 0 aliphatic rings. The number of aromatic nitrogens is 1. The molecule has 2 N–H and O–H groups in total. The van der Waals surface area contributed by atoms with Crippen molar-refractivity contribution in [1.29, 1.82) is 0 Å². The Labute approximate surface area is 78.1 Å². The first-order chi connectivity index (χ1) is 5.65. The molecule has 12 heavy (non-hydrogen) atoms. The van der Waals surface area contributed by atoms with Crippen molar-refractivity contribution in [2.45, 2.75) is 6.92 Å². The molecule has 0 fully saturated rings. The molecule has 1 aromatic heterocycles. The normalized spacial score (nSPS) is 8.92. The topological polar surface area (TPSA) is 38.9 Å². The summed E-state index contributed by atoms with van der Waals surface area (Å²) in [5, 5.41) is 0. The Bertz CT molecular complexity index is 365. The van der Waals surface area contributed by atoms with Gasteiger partial charge in [-0.05, 0) is 28.8 Å². The van der Waals surface area contributed by atoms with E-state index in [0.717, 1.165) is 0 Å². The molecule has 0 radical (unpaired) electrons. The number of rotatable bonds is 0. The van der Waals surface area contributed by atoms with Crippen LogP contribution in [0.15, 0.2) is 10.7 Å². The van der Waals surface area contributed by atoms with Gasteiger partial charge >= 0.3 is 0 Å². The van der Waals surface area contributed by atoms with Crippen molar-refractivity contribution < 1.29 is 4.39 Å². The minimum atomic E-state index is -0.478. The molecule has 0 atom stereocenters. The molecule has 0 aliphatic heterocycles. The van der Waals surface area contributed by atoms with Crippen LogP contribution in [0.1, 0.15) is 12.6 Å². The summed E-state index contributed by atoms with van der Waals surface area (Å²) < 4.78 is 12.9. The van der Waals surface area contributed by atoms with Gasteiger partial charge in [-0.25, -0.2) is 9.37 Å². The average Bonchev–Trinajstić information content (AvgIpc) is 2.01. The number of nitrogens with two attached hydrogens (primary N) is 1. The summed E-state index contributed by atoms with van der Waals surface area (Å²) in [4.78, 5) is 3.81. The molecule has 0 bridgehead atoms. The van der Waals surface area contributed by atoms with Gasteiger partial charge in [-0.15, -0.1) is 0 Å². The summed E-state index contributed by atoms with van der Waals surface area (Å²) in [6.45, 7) is 1.67. The van der Waals surface area contributed by atoms with Crippen LogP contribution in [0.4, 0.5) is 10.1 Å². The van der Waals surface area contributed by atoms with Gasteiger partial charge in [0, 0.05) is 6.07 Å². The second-order valence-corrected chi connectivity index (χ2v) is 2.82. The van der Waals surface area contributed by atoms with Gasteiger partial charge in [0.15, 0.2) is 5.82 Å². The Morgan fingerprint density at radius 3 is 2.92 bits per heavy atom. The molecule has 0 saturated carbocycles. The lowest BCUT2D eigenvalue weighted by atomic mass is 10.3. The first-order valence-corrected chi connectivity index (χ1v) is 3.98. The third-order valence-corrected chi connectivity index (χ3v) is 1.76. The number of nitrogens with zero attached hydrogens (tertiary/aromatic N) is 1. The highest BCUT2D eigenvalue weighted by molar-refractivity contribution is 9.10. The van der Waals surface area contributed by atoms with E-state index in [4.69, 9.17) is 5.73 Å². The molecule has 1 aromatic rings. The lowest BCUT2D eigenvalue weighted by molar-refractivity contribution is 0.613. The van der Waals surface area contributed by atoms with Crippen LogP contribution in [0.25, 0.3) is 0 Å². The molecule has 0 aromatic carbocycles. The van der Waals surface area contributed by atoms with Crippen LogP contribution in [0.2, 0.25) is 0 Å². The number of nitrogen functional groups attached to an aromatic ring is 1. The van der Waals surface area contributed by atoms with E-state index in [9.17, 15) is 4.39 Å². The number of hydrogen-bond acceptors (Lipinski definition) is 2. The molecule has 0 spiro atoms. The minimum absolute atomic E-state index is 0.134. The van der Waals surface area contributed by atoms with E-state index in [2.05, 4.69) is 32.8 Å². The van der Waals surface area contributed by atoms with Gasteiger partial charge in [0.1, 0.15) is 10.3 Å². The fourth-order valence-corrected chi connectivity index (χ4v) is 0.991. The molecular weight excluding hydrogens is 223 g/mol. The Balaban J connectivity index is 3.29. The predicted octanol–water partition coefficient (Wildman–Crippen LogP) is 1.94. The maximum atomic E-state index is 12.8. The Morgan fingerprint density at radius 1 is 1.67 bits per heavy atom. The fraction of sp³-hybridized carbons (Fsp3) is 0.125. The predicted molar refractivity (Wildman–Crippen MR) is 48.9 cm³/mol. The van der Waals surface area contributed by atoms with E-state index in [1.807, 2.05) is 0 Å². The van der Waals surface area contributed by atoms with Crippen molar-refractivity contribution in [1.82, 2.24) is 4.98 Å². The van der Waals surface area contributed by atoms with Crippen LogP contribution in [0.5, 0.6) is 0 Å². The molecule has 1 rings (SSSR count). The van der Waals surface area contributed by atoms with E-state index >= 15 is 0 Å². The lowest BCUT2D eigenvalue weighted by Crippen LogP contribution is -1.96. The maximum absolute atomic E-state index is 12.8. The van der Waals surface area contributed by atoms with Crippen molar-refractivity contribution in [3.05, 3.63) is 22.2 Å². The maximum Gasteiger partial charge on any atom is 0.158 e. The third-order valence-electron chi connectivity index (χ3n) is 1.21. The number of pyridine rings is 1. The number of halogens is 2. The van der Waals surface area contributed by atoms with Gasteiger partial charge in [0.2, 0.25) is 0 Å². The number of anilines is 1. The van der Waals surface area contributed by atoms with Crippen molar-refractivity contribution in [2.24, 2.45) is 0 Å². The van der Waals surface area contributed by atoms with Crippen molar-refractivity contribution in [2.75, 3.05) is 5.73 Å². The quantitative estimate of drug-likeness (QED) is 0.545. The Kier molecular flexibility index (Phi) is 2.66. The Hall–Kier alpha value is -1.08. The third kappa shape index (κ3) is 1.74. The van der Waals surface area contributed by atoms with Gasteiger partial charge in [-0.3, -0.25) is 0 Å². The molecule has 1 heterocycles.